The van der Waals surface area contributed by atoms with Gasteiger partial charge in [-0.1, -0.05) is 24.3 Å². The highest BCUT2D eigenvalue weighted by molar-refractivity contribution is 5.95. The molecule has 3 aromatic rings. The Bertz CT molecular complexity index is 961. The van der Waals surface area contributed by atoms with E-state index in [1.54, 1.807) is 0 Å². The first-order valence-electron chi connectivity index (χ1n) is 9.18. The zero-order valence-electron chi connectivity index (χ0n) is 15.2. The molecule has 1 N–H and O–H groups in total. The first kappa shape index (κ1) is 16.6. The Morgan fingerprint density at radius 1 is 1.31 bits per heavy atom. The Kier molecular flexibility index (Phi) is 4.37. The molecule has 5 nitrogen and oxygen atoms in total. The van der Waals surface area contributed by atoms with Crippen LogP contribution in [0.5, 0.6) is 5.75 Å². The molecule has 1 aliphatic carbocycles. The van der Waals surface area contributed by atoms with Crippen molar-refractivity contribution in [3.05, 3.63) is 65.1 Å². The lowest BCUT2D eigenvalue weighted by molar-refractivity contribution is 0.0926. The third kappa shape index (κ3) is 2.83. The molecule has 0 radical (unpaired) electrons. The summed E-state index contributed by atoms with van der Waals surface area (Å²) < 4.78 is 7.47. The molecule has 1 amide bonds. The Labute approximate surface area is 153 Å². The smallest absolute Gasteiger partial charge is 0.270 e. The van der Waals surface area contributed by atoms with Gasteiger partial charge in [0.25, 0.3) is 5.91 Å². The van der Waals surface area contributed by atoms with E-state index < -0.39 is 0 Å². The average molecular weight is 349 g/mol. The molecule has 0 spiro atoms. The van der Waals surface area contributed by atoms with Gasteiger partial charge in [-0.15, -0.1) is 0 Å². The van der Waals surface area contributed by atoms with Gasteiger partial charge in [-0.2, -0.15) is 0 Å². The van der Waals surface area contributed by atoms with Gasteiger partial charge in [0.15, 0.2) is 11.4 Å². The van der Waals surface area contributed by atoms with Crippen LogP contribution in [0.25, 0.3) is 5.65 Å². The molecule has 0 fully saturated rings. The molecule has 0 saturated carbocycles. The molecule has 1 unspecified atom stereocenters. The summed E-state index contributed by atoms with van der Waals surface area (Å²) in [6.07, 6.45) is 4.99. The van der Waals surface area contributed by atoms with Crippen LogP contribution in [-0.4, -0.2) is 21.9 Å². The predicted molar refractivity (Wildman–Crippen MR) is 101 cm³/mol. The Balaban J connectivity index is 1.68. The lowest BCUT2D eigenvalue weighted by atomic mass is 9.87. The van der Waals surface area contributed by atoms with E-state index in [0.717, 1.165) is 19.3 Å². The van der Waals surface area contributed by atoms with E-state index >= 15 is 0 Å². The van der Waals surface area contributed by atoms with Gasteiger partial charge >= 0.3 is 0 Å². The molecule has 1 aromatic carbocycles. The van der Waals surface area contributed by atoms with Gasteiger partial charge < -0.3 is 10.1 Å². The minimum Gasteiger partial charge on any atom is -0.490 e. The maximum absolute atomic E-state index is 13.1. The summed E-state index contributed by atoms with van der Waals surface area (Å²) in [6, 6.07) is 12.2. The number of nitrogens with zero attached hydrogens (tertiary/aromatic N) is 2. The van der Waals surface area contributed by atoms with E-state index in [2.05, 4.69) is 28.5 Å². The highest BCUT2D eigenvalue weighted by Crippen LogP contribution is 2.30. The van der Waals surface area contributed by atoms with Crippen LogP contribution in [0.2, 0.25) is 0 Å². The normalized spacial score (nSPS) is 16.3. The molecule has 0 aliphatic heterocycles. The third-order valence-electron chi connectivity index (χ3n) is 4.98. The Hall–Kier alpha value is -2.82. The first-order valence-corrected chi connectivity index (χ1v) is 9.18. The summed E-state index contributed by atoms with van der Waals surface area (Å²) in [6.45, 7) is 4.37. The van der Waals surface area contributed by atoms with Crippen molar-refractivity contribution < 1.29 is 9.53 Å². The molecule has 2 heterocycles. The van der Waals surface area contributed by atoms with Crippen molar-refractivity contribution in [3.63, 3.8) is 0 Å². The van der Waals surface area contributed by atoms with E-state index in [-0.39, 0.29) is 11.9 Å². The van der Waals surface area contributed by atoms with Crippen molar-refractivity contribution in [1.82, 2.24) is 14.7 Å². The van der Waals surface area contributed by atoms with Crippen LogP contribution in [-0.2, 0) is 6.42 Å². The largest absolute Gasteiger partial charge is 0.490 e. The van der Waals surface area contributed by atoms with Crippen molar-refractivity contribution >= 4 is 11.6 Å². The van der Waals surface area contributed by atoms with Gasteiger partial charge in [-0.25, -0.2) is 4.98 Å². The molecule has 0 bridgehead atoms. The molecule has 5 heteroatoms. The van der Waals surface area contributed by atoms with Gasteiger partial charge in [0, 0.05) is 6.20 Å². The summed E-state index contributed by atoms with van der Waals surface area (Å²) in [5.41, 5.74) is 4.52. The van der Waals surface area contributed by atoms with Crippen molar-refractivity contribution in [2.45, 2.75) is 39.2 Å². The lowest BCUT2D eigenvalue weighted by Gasteiger charge is -2.26. The predicted octanol–water partition coefficient (Wildman–Crippen LogP) is 3.85. The Morgan fingerprint density at radius 2 is 2.15 bits per heavy atom. The standard InChI is InChI=1S/C21H23N3O2/c1-3-26-18-12-7-13-24-19(14(2)22-20(18)24)21(25)23-17-11-6-9-15-8-4-5-10-16(15)17/h4-5,7-8,10,12-13,17H,3,6,9,11H2,1-2H3,(H,23,25). The quantitative estimate of drug-likeness (QED) is 0.778. The van der Waals surface area contributed by atoms with Crippen LogP contribution in [0.4, 0.5) is 0 Å². The summed E-state index contributed by atoms with van der Waals surface area (Å²) in [5.74, 6) is 0.602. The number of imidazole rings is 1. The number of carbonyl (C=O) groups excluding carboxylic acids is 1. The molecule has 26 heavy (non-hydrogen) atoms. The maximum Gasteiger partial charge on any atom is 0.270 e. The fourth-order valence-electron chi connectivity index (χ4n) is 3.83. The third-order valence-corrected chi connectivity index (χ3v) is 4.98. The number of fused-ring (bicyclic) bond motifs is 2. The number of aryl methyl sites for hydroxylation is 2. The average Bonchev–Trinajstić information content (AvgIpc) is 2.99. The van der Waals surface area contributed by atoms with E-state index in [1.807, 2.05) is 42.6 Å². The molecule has 0 saturated heterocycles. The molecular weight excluding hydrogens is 326 g/mol. The van der Waals surface area contributed by atoms with Crippen LogP contribution in [0.15, 0.2) is 42.6 Å². The number of amides is 1. The molecule has 2 aromatic heterocycles. The molecule has 4 rings (SSSR count). The number of benzene rings is 1. The van der Waals surface area contributed by atoms with Gasteiger partial charge in [-0.3, -0.25) is 9.20 Å². The summed E-state index contributed by atoms with van der Waals surface area (Å²) in [4.78, 5) is 17.6. The van der Waals surface area contributed by atoms with Crippen LogP contribution in [0, 0.1) is 6.92 Å². The molecule has 1 atom stereocenters. The van der Waals surface area contributed by atoms with Crippen LogP contribution >= 0.6 is 0 Å². The fourth-order valence-corrected chi connectivity index (χ4v) is 3.83. The number of rotatable bonds is 4. The number of pyridine rings is 1. The van der Waals surface area contributed by atoms with E-state index in [4.69, 9.17) is 4.74 Å². The molecule has 134 valence electrons. The van der Waals surface area contributed by atoms with Gasteiger partial charge in [0.2, 0.25) is 0 Å². The number of carbonyl (C=O) groups is 1. The summed E-state index contributed by atoms with van der Waals surface area (Å²) >= 11 is 0. The molecular formula is C21H23N3O2. The van der Waals surface area contributed by atoms with E-state index in [1.165, 1.54) is 11.1 Å². The lowest BCUT2D eigenvalue weighted by Crippen LogP contribution is -2.32. The highest BCUT2D eigenvalue weighted by atomic mass is 16.5. The number of aromatic nitrogens is 2. The second-order valence-electron chi connectivity index (χ2n) is 6.66. The number of nitrogens with one attached hydrogen (secondary N) is 1. The summed E-state index contributed by atoms with van der Waals surface area (Å²) in [5, 5.41) is 3.22. The van der Waals surface area contributed by atoms with Crippen LogP contribution in [0.1, 0.15) is 53.1 Å². The number of hydrogen-bond acceptors (Lipinski definition) is 3. The van der Waals surface area contributed by atoms with E-state index in [9.17, 15) is 4.79 Å². The van der Waals surface area contributed by atoms with E-state index in [0.29, 0.717) is 29.4 Å². The molecule has 1 aliphatic rings. The summed E-state index contributed by atoms with van der Waals surface area (Å²) in [7, 11) is 0. The van der Waals surface area contributed by atoms with Gasteiger partial charge in [-0.05, 0) is 56.4 Å². The van der Waals surface area contributed by atoms with Crippen molar-refractivity contribution in [3.8, 4) is 5.75 Å². The zero-order valence-corrected chi connectivity index (χ0v) is 15.2. The topological polar surface area (TPSA) is 55.6 Å². The monoisotopic (exact) mass is 349 g/mol. The second kappa shape index (κ2) is 6.83. The van der Waals surface area contributed by atoms with Gasteiger partial charge in [0.05, 0.1) is 18.3 Å². The minimum absolute atomic E-state index is 0.0486. The highest BCUT2D eigenvalue weighted by Gasteiger charge is 2.25. The number of hydrogen-bond donors (Lipinski definition) is 1. The first-order chi connectivity index (χ1) is 12.7. The van der Waals surface area contributed by atoms with Crippen molar-refractivity contribution in [2.75, 3.05) is 6.61 Å². The van der Waals surface area contributed by atoms with Gasteiger partial charge in [0.1, 0.15) is 5.69 Å². The second-order valence-corrected chi connectivity index (χ2v) is 6.66. The SMILES string of the molecule is CCOc1cccn2c(C(=O)NC3CCCc4ccccc43)c(C)nc12. The fraction of sp³-hybridized carbons (Fsp3) is 0.333. The minimum atomic E-state index is -0.0923. The van der Waals surface area contributed by atoms with Crippen LogP contribution < -0.4 is 10.1 Å². The number of ether oxygens (including phenoxy) is 1. The van der Waals surface area contributed by atoms with Crippen molar-refractivity contribution in [1.29, 1.82) is 0 Å². The maximum atomic E-state index is 13.1. The van der Waals surface area contributed by atoms with Crippen LogP contribution in [0.3, 0.4) is 0 Å². The van der Waals surface area contributed by atoms with Crippen molar-refractivity contribution in [2.24, 2.45) is 0 Å². The zero-order chi connectivity index (χ0) is 18.1. The Morgan fingerprint density at radius 3 is 3.00 bits per heavy atom.